The van der Waals surface area contributed by atoms with Crippen molar-refractivity contribution in [3.63, 3.8) is 0 Å². The summed E-state index contributed by atoms with van der Waals surface area (Å²) in [5, 5.41) is 3.30. The Morgan fingerprint density at radius 3 is 2.37 bits per heavy atom. The molecule has 4 aliphatic rings. The molecule has 7 nitrogen and oxygen atoms in total. The SMILES string of the molecule is Cc1cnc2c(c1C1=NC(=O)C3(Cc4ccccc4C3)O1)C(=O)OC21CCNCC1. The van der Waals surface area contributed by atoms with E-state index in [0.29, 0.717) is 42.5 Å². The third-order valence-electron chi connectivity index (χ3n) is 6.77. The summed E-state index contributed by atoms with van der Waals surface area (Å²) in [7, 11) is 0. The number of pyridine rings is 1. The Hall–Kier alpha value is -3.06. The van der Waals surface area contributed by atoms with Gasteiger partial charge in [-0.05, 0) is 36.7 Å². The van der Waals surface area contributed by atoms with Crippen molar-refractivity contribution in [1.29, 1.82) is 0 Å². The molecule has 2 aromatic rings. The molecule has 0 radical (unpaired) electrons. The summed E-state index contributed by atoms with van der Waals surface area (Å²) < 4.78 is 12.1. The number of aromatic nitrogens is 1. The lowest BCUT2D eigenvalue weighted by Gasteiger charge is -2.32. The number of ether oxygens (including phenoxy) is 2. The van der Waals surface area contributed by atoms with Crippen molar-refractivity contribution in [1.82, 2.24) is 10.3 Å². The maximum absolute atomic E-state index is 13.0. The Kier molecular flexibility index (Phi) is 3.54. The molecule has 0 unspecified atom stereocenters. The largest absolute Gasteiger partial charge is 0.460 e. The second kappa shape index (κ2) is 5.98. The fourth-order valence-electron chi connectivity index (χ4n) is 5.23. The van der Waals surface area contributed by atoms with Crippen LogP contribution in [0, 0.1) is 6.92 Å². The van der Waals surface area contributed by atoms with E-state index in [1.807, 2.05) is 31.2 Å². The molecule has 1 fully saturated rings. The van der Waals surface area contributed by atoms with Crippen molar-refractivity contribution < 1.29 is 19.1 Å². The van der Waals surface area contributed by atoms with Crippen LogP contribution in [0.25, 0.3) is 0 Å². The molecule has 1 saturated heterocycles. The second-order valence-electron chi connectivity index (χ2n) is 8.61. The summed E-state index contributed by atoms with van der Waals surface area (Å²) in [5.74, 6) is -0.485. The normalized spacial score (nSPS) is 22.6. The molecule has 1 amide bonds. The minimum atomic E-state index is -1.02. The number of carbonyl (C=O) groups is 2. The van der Waals surface area contributed by atoms with Gasteiger partial charge in [0.05, 0.1) is 16.8 Å². The van der Waals surface area contributed by atoms with Crippen LogP contribution in [-0.2, 0) is 32.7 Å². The van der Waals surface area contributed by atoms with Crippen molar-refractivity contribution in [3.05, 3.63) is 64.0 Å². The summed E-state index contributed by atoms with van der Waals surface area (Å²) in [6.45, 7) is 3.37. The Bertz CT molecular complexity index is 1120. The van der Waals surface area contributed by atoms with Crippen LogP contribution >= 0.6 is 0 Å². The van der Waals surface area contributed by atoms with Gasteiger partial charge in [0.25, 0.3) is 5.91 Å². The van der Waals surface area contributed by atoms with Gasteiger partial charge in [0, 0.05) is 31.9 Å². The lowest BCUT2D eigenvalue weighted by Crippen LogP contribution is -2.40. The Labute approximate surface area is 173 Å². The minimum absolute atomic E-state index is 0.215. The van der Waals surface area contributed by atoms with Gasteiger partial charge in [0.2, 0.25) is 5.90 Å². The number of amides is 1. The number of benzene rings is 1. The molecule has 1 aromatic heterocycles. The molecular weight excluding hydrogens is 382 g/mol. The van der Waals surface area contributed by atoms with Gasteiger partial charge in [-0.15, -0.1) is 0 Å². The average molecular weight is 403 g/mol. The van der Waals surface area contributed by atoms with Gasteiger partial charge in [-0.3, -0.25) is 9.78 Å². The van der Waals surface area contributed by atoms with E-state index in [4.69, 9.17) is 9.47 Å². The van der Waals surface area contributed by atoms with E-state index in [0.717, 1.165) is 29.8 Å². The maximum Gasteiger partial charge on any atom is 0.341 e. The molecule has 1 aliphatic carbocycles. The van der Waals surface area contributed by atoms with Gasteiger partial charge in [0.1, 0.15) is 0 Å². The fourth-order valence-corrected chi connectivity index (χ4v) is 5.23. The molecule has 4 heterocycles. The summed E-state index contributed by atoms with van der Waals surface area (Å²) in [6, 6.07) is 7.97. The van der Waals surface area contributed by atoms with Gasteiger partial charge in [-0.2, -0.15) is 4.99 Å². The number of esters is 1. The molecule has 3 aliphatic heterocycles. The van der Waals surface area contributed by atoms with E-state index >= 15 is 0 Å². The van der Waals surface area contributed by atoms with E-state index in [1.54, 1.807) is 6.20 Å². The number of aryl methyl sites for hydroxylation is 1. The topological polar surface area (TPSA) is 89.9 Å². The van der Waals surface area contributed by atoms with Gasteiger partial charge in [0.15, 0.2) is 11.2 Å². The van der Waals surface area contributed by atoms with Gasteiger partial charge < -0.3 is 14.8 Å². The van der Waals surface area contributed by atoms with Crippen LogP contribution < -0.4 is 5.32 Å². The van der Waals surface area contributed by atoms with E-state index < -0.39 is 17.2 Å². The Morgan fingerprint density at radius 2 is 1.67 bits per heavy atom. The second-order valence-corrected chi connectivity index (χ2v) is 8.61. The number of aliphatic imine (C=N–C) groups is 1. The van der Waals surface area contributed by atoms with Crippen LogP contribution in [0.3, 0.4) is 0 Å². The summed E-state index contributed by atoms with van der Waals surface area (Å²) in [5.41, 5.74) is 2.82. The zero-order chi connectivity index (χ0) is 20.5. The Balaban J connectivity index is 1.42. The molecule has 2 spiro atoms. The van der Waals surface area contributed by atoms with E-state index in [-0.39, 0.29) is 11.8 Å². The molecule has 0 saturated carbocycles. The van der Waals surface area contributed by atoms with E-state index in [2.05, 4.69) is 15.3 Å². The number of nitrogens with one attached hydrogen (secondary N) is 1. The highest BCUT2D eigenvalue weighted by Crippen LogP contribution is 2.45. The zero-order valence-electron chi connectivity index (χ0n) is 16.7. The standard InChI is InChI=1S/C23H21N3O4/c1-13-12-25-18-17(20(27)30-22(18)6-8-24-9-7-22)16(13)19-26-21(28)23(29-19)10-14-4-2-3-5-15(14)11-23/h2-5,12,24H,6-11H2,1H3. The number of rotatable bonds is 1. The van der Waals surface area contributed by atoms with Crippen molar-refractivity contribution in [3.8, 4) is 0 Å². The smallest absolute Gasteiger partial charge is 0.341 e. The van der Waals surface area contributed by atoms with Gasteiger partial charge in [-0.25, -0.2) is 4.79 Å². The molecular formula is C23H21N3O4. The third kappa shape index (κ3) is 2.29. The number of nitrogens with zero attached hydrogens (tertiary/aromatic N) is 2. The lowest BCUT2D eigenvalue weighted by atomic mass is 9.86. The highest BCUT2D eigenvalue weighted by Gasteiger charge is 2.54. The van der Waals surface area contributed by atoms with Crippen LogP contribution in [0.2, 0.25) is 0 Å². The van der Waals surface area contributed by atoms with Crippen LogP contribution in [0.1, 0.15) is 51.1 Å². The van der Waals surface area contributed by atoms with Crippen molar-refractivity contribution in [2.24, 2.45) is 4.99 Å². The average Bonchev–Trinajstić information content (AvgIpc) is 3.35. The number of piperidine rings is 1. The summed E-state index contributed by atoms with van der Waals surface area (Å²) in [4.78, 5) is 34.8. The highest BCUT2D eigenvalue weighted by molar-refractivity contribution is 6.15. The molecule has 7 heteroatoms. The van der Waals surface area contributed by atoms with Crippen molar-refractivity contribution in [2.45, 2.75) is 43.8 Å². The maximum atomic E-state index is 13.0. The quantitative estimate of drug-likeness (QED) is 0.733. The number of carbonyl (C=O) groups excluding carboxylic acids is 2. The lowest BCUT2D eigenvalue weighted by molar-refractivity contribution is -0.130. The molecule has 1 aromatic carbocycles. The van der Waals surface area contributed by atoms with Crippen LogP contribution in [0.15, 0.2) is 35.5 Å². The predicted octanol–water partition coefficient (Wildman–Crippen LogP) is 1.98. The zero-order valence-corrected chi connectivity index (χ0v) is 16.7. The minimum Gasteiger partial charge on any atom is -0.460 e. The van der Waals surface area contributed by atoms with E-state index in [9.17, 15) is 9.59 Å². The molecule has 152 valence electrons. The van der Waals surface area contributed by atoms with Crippen molar-refractivity contribution >= 4 is 17.8 Å². The van der Waals surface area contributed by atoms with Crippen LogP contribution in [0.4, 0.5) is 0 Å². The van der Waals surface area contributed by atoms with Crippen LogP contribution in [-0.4, -0.2) is 41.4 Å². The third-order valence-corrected chi connectivity index (χ3v) is 6.77. The molecule has 6 rings (SSSR count). The number of fused-ring (bicyclic) bond motifs is 3. The van der Waals surface area contributed by atoms with Gasteiger partial charge in [-0.1, -0.05) is 24.3 Å². The number of hydrogen-bond acceptors (Lipinski definition) is 6. The first-order valence-electron chi connectivity index (χ1n) is 10.3. The molecule has 0 bridgehead atoms. The first kappa shape index (κ1) is 17.8. The molecule has 0 atom stereocenters. The monoisotopic (exact) mass is 403 g/mol. The summed E-state index contributed by atoms with van der Waals surface area (Å²) in [6.07, 6.45) is 4.05. The number of hydrogen-bond donors (Lipinski definition) is 1. The molecule has 30 heavy (non-hydrogen) atoms. The van der Waals surface area contributed by atoms with Gasteiger partial charge >= 0.3 is 5.97 Å². The van der Waals surface area contributed by atoms with Crippen molar-refractivity contribution in [2.75, 3.05) is 13.1 Å². The van der Waals surface area contributed by atoms with E-state index in [1.165, 1.54) is 0 Å². The Morgan fingerprint density at radius 1 is 0.967 bits per heavy atom. The predicted molar refractivity (Wildman–Crippen MR) is 107 cm³/mol. The summed E-state index contributed by atoms with van der Waals surface area (Å²) >= 11 is 0. The first-order chi connectivity index (χ1) is 14.5. The fraction of sp³-hybridized carbons (Fsp3) is 0.391. The highest BCUT2D eigenvalue weighted by atomic mass is 16.6. The van der Waals surface area contributed by atoms with Crippen LogP contribution in [0.5, 0.6) is 0 Å². The molecule has 1 N–H and O–H groups in total. The first-order valence-corrected chi connectivity index (χ1v) is 10.3.